The van der Waals surface area contributed by atoms with Crippen LogP contribution in [0.2, 0.25) is 0 Å². The minimum atomic E-state index is -0.0633. The standard InChI is InChI=1S/C10H19BrN2O/c1-8(11)10(14)13(3)7-9-4-5-12(2)6-9/h8-9H,4-7H2,1-3H3. The lowest BCUT2D eigenvalue weighted by molar-refractivity contribution is -0.129. The van der Waals surface area contributed by atoms with E-state index in [-0.39, 0.29) is 10.7 Å². The van der Waals surface area contributed by atoms with Crippen LogP contribution < -0.4 is 0 Å². The molecule has 4 heteroatoms. The van der Waals surface area contributed by atoms with Crippen molar-refractivity contribution in [3.05, 3.63) is 0 Å². The maximum absolute atomic E-state index is 11.6. The summed E-state index contributed by atoms with van der Waals surface area (Å²) in [6.07, 6.45) is 1.21. The zero-order valence-corrected chi connectivity index (χ0v) is 10.7. The van der Waals surface area contributed by atoms with Crippen LogP contribution in [0, 0.1) is 5.92 Å². The van der Waals surface area contributed by atoms with Gasteiger partial charge in [0.05, 0.1) is 4.83 Å². The fraction of sp³-hybridized carbons (Fsp3) is 0.900. The number of amides is 1. The molecule has 1 aliphatic heterocycles. The van der Waals surface area contributed by atoms with Crippen LogP contribution in [0.1, 0.15) is 13.3 Å². The molecule has 0 aromatic rings. The predicted octanol–water partition coefficient (Wildman–Crippen LogP) is 1.18. The lowest BCUT2D eigenvalue weighted by Crippen LogP contribution is -2.36. The summed E-state index contributed by atoms with van der Waals surface area (Å²) in [6.45, 7) is 5.05. The molecule has 0 saturated carbocycles. The molecule has 0 aromatic heterocycles. The number of likely N-dealkylation sites (tertiary alicyclic amines) is 1. The van der Waals surface area contributed by atoms with Gasteiger partial charge in [0.15, 0.2) is 0 Å². The van der Waals surface area contributed by atoms with E-state index in [1.54, 1.807) is 0 Å². The van der Waals surface area contributed by atoms with Crippen LogP contribution in [0.4, 0.5) is 0 Å². The molecule has 1 aliphatic rings. The molecule has 1 heterocycles. The third-order valence-corrected chi connectivity index (χ3v) is 3.13. The molecule has 0 aliphatic carbocycles. The second-order valence-electron chi connectivity index (χ2n) is 4.25. The lowest BCUT2D eigenvalue weighted by Gasteiger charge is -2.22. The number of halogens is 1. The highest BCUT2D eigenvalue weighted by atomic mass is 79.9. The number of hydrogen-bond donors (Lipinski definition) is 0. The topological polar surface area (TPSA) is 23.6 Å². The summed E-state index contributed by atoms with van der Waals surface area (Å²) in [5.74, 6) is 0.833. The van der Waals surface area contributed by atoms with Crippen molar-refractivity contribution < 1.29 is 4.79 Å². The average molecular weight is 263 g/mol. The Morgan fingerprint density at radius 1 is 1.71 bits per heavy atom. The summed E-state index contributed by atoms with van der Waals surface area (Å²) in [6, 6.07) is 0. The summed E-state index contributed by atoms with van der Waals surface area (Å²) in [4.78, 5) is 15.7. The summed E-state index contributed by atoms with van der Waals surface area (Å²) < 4.78 is 0. The maximum atomic E-state index is 11.6. The first kappa shape index (κ1) is 12.0. The van der Waals surface area contributed by atoms with E-state index < -0.39 is 0 Å². The van der Waals surface area contributed by atoms with Gasteiger partial charge in [-0.25, -0.2) is 0 Å². The van der Waals surface area contributed by atoms with E-state index in [1.807, 2.05) is 18.9 Å². The maximum Gasteiger partial charge on any atom is 0.235 e. The summed E-state index contributed by atoms with van der Waals surface area (Å²) in [5.41, 5.74) is 0. The second kappa shape index (κ2) is 5.12. The quantitative estimate of drug-likeness (QED) is 0.714. The van der Waals surface area contributed by atoms with E-state index in [1.165, 1.54) is 6.42 Å². The smallest absolute Gasteiger partial charge is 0.235 e. The lowest BCUT2D eigenvalue weighted by atomic mass is 10.1. The van der Waals surface area contributed by atoms with Gasteiger partial charge in [0.1, 0.15) is 0 Å². The summed E-state index contributed by atoms with van der Waals surface area (Å²) in [5, 5.41) is 0. The Kier molecular flexibility index (Phi) is 4.38. The van der Waals surface area contributed by atoms with Gasteiger partial charge >= 0.3 is 0 Å². The molecule has 1 amide bonds. The average Bonchev–Trinajstić information content (AvgIpc) is 2.49. The van der Waals surface area contributed by atoms with Crippen molar-refractivity contribution >= 4 is 21.8 Å². The Hall–Kier alpha value is -0.0900. The molecule has 2 atom stereocenters. The first-order valence-corrected chi connectivity index (χ1v) is 6.00. The molecule has 0 bridgehead atoms. The number of alkyl halides is 1. The highest BCUT2D eigenvalue weighted by Gasteiger charge is 2.23. The number of hydrogen-bond acceptors (Lipinski definition) is 2. The summed E-state index contributed by atoms with van der Waals surface area (Å²) in [7, 11) is 4.02. The van der Waals surface area contributed by atoms with Gasteiger partial charge in [-0.05, 0) is 32.9 Å². The van der Waals surface area contributed by atoms with Crippen LogP contribution in [-0.2, 0) is 4.79 Å². The number of carbonyl (C=O) groups is 1. The van der Waals surface area contributed by atoms with Gasteiger partial charge in [0.25, 0.3) is 0 Å². The molecule has 0 aromatic carbocycles. The zero-order valence-electron chi connectivity index (χ0n) is 9.16. The fourth-order valence-electron chi connectivity index (χ4n) is 1.96. The van der Waals surface area contributed by atoms with Gasteiger partial charge in [-0.15, -0.1) is 0 Å². The summed E-state index contributed by atoms with van der Waals surface area (Å²) >= 11 is 3.30. The highest BCUT2D eigenvalue weighted by Crippen LogP contribution is 2.16. The van der Waals surface area contributed by atoms with Crippen molar-refractivity contribution in [2.24, 2.45) is 5.92 Å². The Labute approximate surface area is 94.6 Å². The third kappa shape index (κ3) is 3.24. The fourth-order valence-corrected chi connectivity index (χ4v) is 2.31. The van der Waals surface area contributed by atoms with Crippen LogP contribution in [0.15, 0.2) is 0 Å². The SMILES string of the molecule is CC(Br)C(=O)N(C)CC1CCN(C)C1. The van der Waals surface area contributed by atoms with Gasteiger partial charge in [-0.3, -0.25) is 4.79 Å². The van der Waals surface area contributed by atoms with E-state index in [9.17, 15) is 4.79 Å². The van der Waals surface area contributed by atoms with Gasteiger partial charge in [-0.1, -0.05) is 15.9 Å². The largest absolute Gasteiger partial charge is 0.344 e. The van der Waals surface area contributed by atoms with Crippen LogP contribution in [-0.4, -0.2) is 54.3 Å². The molecule has 0 radical (unpaired) electrons. The minimum Gasteiger partial charge on any atom is -0.344 e. The Balaban J connectivity index is 2.33. The first-order chi connectivity index (χ1) is 6.50. The van der Waals surface area contributed by atoms with Gasteiger partial charge in [0, 0.05) is 20.1 Å². The van der Waals surface area contributed by atoms with Crippen LogP contribution >= 0.6 is 15.9 Å². The molecule has 0 spiro atoms. The van der Waals surface area contributed by atoms with Gasteiger partial charge in [-0.2, -0.15) is 0 Å². The normalized spacial score (nSPS) is 25.0. The molecule has 1 rings (SSSR count). The van der Waals surface area contributed by atoms with Crippen molar-refractivity contribution in [2.45, 2.75) is 18.2 Å². The number of nitrogens with zero attached hydrogens (tertiary/aromatic N) is 2. The molecule has 3 nitrogen and oxygen atoms in total. The molecule has 2 unspecified atom stereocenters. The highest BCUT2D eigenvalue weighted by molar-refractivity contribution is 9.10. The van der Waals surface area contributed by atoms with Crippen LogP contribution in [0.5, 0.6) is 0 Å². The van der Waals surface area contributed by atoms with Crippen molar-refractivity contribution in [2.75, 3.05) is 33.7 Å². The first-order valence-electron chi connectivity index (χ1n) is 5.08. The van der Waals surface area contributed by atoms with E-state index in [0.717, 1.165) is 19.6 Å². The zero-order chi connectivity index (χ0) is 10.7. The van der Waals surface area contributed by atoms with E-state index in [4.69, 9.17) is 0 Å². The van der Waals surface area contributed by atoms with Crippen molar-refractivity contribution in [3.8, 4) is 0 Å². The van der Waals surface area contributed by atoms with Gasteiger partial charge in [0.2, 0.25) is 5.91 Å². The van der Waals surface area contributed by atoms with E-state index in [2.05, 4.69) is 27.9 Å². The van der Waals surface area contributed by atoms with Crippen molar-refractivity contribution in [3.63, 3.8) is 0 Å². The van der Waals surface area contributed by atoms with Crippen molar-refractivity contribution in [1.82, 2.24) is 9.80 Å². The molecule has 82 valence electrons. The molecule has 14 heavy (non-hydrogen) atoms. The second-order valence-corrected chi connectivity index (χ2v) is 5.63. The monoisotopic (exact) mass is 262 g/mol. The number of rotatable bonds is 3. The Bertz CT molecular complexity index is 208. The van der Waals surface area contributed by atoms with Gasteiger partial charge < -0.3 is 9.80 Å². The van der Waals surface area contributed by atoms with Crippen LogP contribution in [0.3, 0.4) is 0 Å². The molecule has 1 fully saturated rings. The third-order valence-electron chi connectivity index (χ3n) is 2.74. The van der Waals surface area contributed by atoms with Crippen LogP contribution in [0.25, 0.3) is 0 Å². The van der Waals surface area contributed by atoms with Crippen molar-refractivity contribution in [1.29, 1.82) is 0 Å². The Morgan fingerprint density at radius 3 is 2.79 bits per heavy atom. The molecule has 0 N–H and O–H groups in total. The minimum absolute atomic E-state index is 0.0633. The van der Waals surface area contributed by atoms with E-state index >= 15 is 0 Å². The predicted molar refractivity (Wildman–Crippen MR) is 61.6 cm³/mol. The molecule has 1 saturated heterocycles. The molecular formula is C10H19BrN2O. The van der Waals surface area contributed by atoms with E-state index in [0.29, 0.717) is 5.92 Å². The number of carbonyl (C=O) groups excluding carboxylic acids is 1. The molecular weight excluding hydrogens is 244 g/mol. The Morgan fingerprint density at radius 2 is 2.36 bits per heavy atom.